The fraction of sp³-hybridized carbons (Fsp3) is 0. The van der Waals surface area contributed by atoms with Gasteiger partial charge in [0, 0.05) is 0 Å². The van der Waals surface area contributed by atoms with Gasteiger partial charge in [-0.25, -0.2) is 18.6 Å². The van der Waals surface area contributed by atoms with Gasteiger partial charge in [-0.3, -0.25) is 0 Å². The van der Waals surface area contributed by atoms with E-state index in [1.54, 1.807) is 0 Å². The highest BCUT2D eigenvalue weighted by atomic mass is 35.7. The largest absolute Gasteiger partial charge is 0.325 e. The average molecular weight is 194 g/mol. The van der Waals surface area contributed by atoms with E-state index in [0.717, 1.165) is 5.69 Å². The first-order valence-electron chi connectivity index (χ1n) is 2.88. The molecule has 6 heteroatoms. The Labute approximate surface area is 71.4 Å². The topological polar surface area (TPSA) is 120 Å². The molecule has 1 aromatic rings. The molecule has 12 heavy (non-hydrogen) atoms. The van der Waals surface area contributed by atoms with Crippen molar-refractivity contribution in [1.82, 2.24) is 0 Å². The number of hydrogen-bond acceptors (Lipinski definition) is 4. The van der Waals surface area contributed by atoms with Crippen LogP contribution < -0.4 is 24.4 Å². The molecule has 3 N–H and O–H groups in total. The fourth-order valence-corrected chi connectivity index (χ4v) is 0.478. The minimum atomic E-state index is -4.94. The summed E-state index contributed by atoms with van der Waals surface area (Å²) in [5.41, 5.74) is 4.79. The van der Waals surface area contributed by atoms with Crippen LogP contribution >= 0.6 is 0 Å². The van der Waals surface area contributed by atoms with Crippen LogP contribution in [0.4, 0.5) is 5.69 Å². The Balaban J connectivity index is 0.000000217. The molecule has 0 aliphatic rings. The zero-order valence-corrected chi connectivity index (χ0v) is 6.86. The summed E-state index contributed by atoms with van der Waals surface area (Å²) >= 11 is 0. The van der Waals surface area contributed by atoms with Crippen LogP contribution in [-0.4, -0.2) is 0 Å². The second-order valence-electron chi connectivity index (χ2n) is 1.86. The maximum atomic E-state index is 8.49. The molecule has 0 bridgehead atoms. The van der Waals surface area contributed by atoms with Gasteiger partial charge in [-0.15, -0.1) is 10.2 Å². The minimum Gasteiger partial charge on any atom is -0.325 e. The van der Waals surface area contributed by atoms with Crippen molar-refractivity contribution in [2.24, 2.45) is 0 Å². The second-order valence-corrected chi connectivity index (χ2v) is 2.62. The van der Waals surface area contributed by atoms with Gasteiger partial charge in [-0.2, -0.15) is 0 Å². The summed E-state index contributed by atoms with van der Waals surface area (Å²) < 4.78 is 34.0. The quantitative estimate of drug-likeness (QED) is 0.449. The van der Waals surface area contributed by atoms with Crippen LogP contribution in [0.1, 0.15) is 0 Å². The molecule has 1 aromatic carbocycles. The van der Waals surface area contributed by atoms with Crippen molar-refractivity contribution in [3.8, 4) is 0 Å². The van der Waals surface area contributed by atoms with E-state index in [1.807, 2.05) is 30.3 Å². The van der Waals surface area contributed by atoms with E-state index in [4.69, 9.17) is 18.6 Å². The van der Waals surface area contributed by atoms with Crippen LogP contribution in [0.25, 0.3) is 0 Å². The molecule has 0 spiro atoms. The van der Waals surface area contributed by atoms with Crippen molar-refractivity contribution in [1.29, 1.82) is 0 Å². The summed E-state index contributed by atoms with van der Waals surface area (Å²) in [5, 5.41) is 0. The van der Waals surface area contributed by atoms with Crippen LogP contribution in [0.5, 0.6) is 0 Å². The smallest absolute Gasteiger partial charge is 0.127 e. The van der Waals surface area contributed by atoms with Crippen LogP contribution in [-0.2, 0) is 0 Å². The molecular weight excluding hydrogens is 186 g/mol. The first-order valence-corrected chi connectivity index (χ1v) is 4.12. The van der Waals surface area contributed by atoms with E-state index in [0.29, 0.717) is 0 Å². The predicted octanol–water partition coefficient (Wildman–Crippen LogP) is -4.20. The van der Waals surface area contributed by atoms with Gasteiger partial charge in [0.25, 0.3) is 0 Å². The van der Waals surface area contributed by atoms with Crippen molar-refractivity contribution in [3.05, 3.63) is 30.3 Å². The third kappa shape index (κ3) is 12.0. The zero-order chi connectivity index (χ0) is 9.61. The molecule has 0 unspecified atom stereocenters. The summed E-state index contributed by atoms with van der Waals surface area (Å²) in [6, 6.07) is 9.87. The van der Waals surface area contributed by atoms with Gasteiger partial charge in [0.2, 0.25) is 0 Å². The Kier molecular flexibility index (Phi) is 4.75. The van der Waals surface area contributed by atoms with Crippen molar-refractivity contribution >= 4 is 5.69 Å². The molecule has 0 fully saturated rings. The number of quaternary nitrogens is 1. The summed E-state index contributed by atoms with van der Waals surface area (Å²) in [6.45, 7) is 0. The fourth-order valence-electron chi connectivity index (χ4n) is 0.478. The van der Waals surface area contributed by atoms with Crippen LogP contribution in [0, 0.1) is 10.2 Å². The molecule has 0 aliphatic carbocycles. The van der Waals surface area contributed by atoms with E-state index in [2.05, 4.69) is 5.73 Å². The molecule has 0 aliphatic heterocycles. The highest BCUT2D eigenvalue weighted by Gasteiger charge is 1.84. The van der Waals surface area contributed by atoms with E-state index in [9.17, 15) is 0 Å². The summed E-state index contributed by atoms with van der Waals surface area (Å²) in [5.74, 6) is 0. The van der Waals surface area contributed by atoms with Gasteiger partial charge in [0.1, 0.15) is 5.69 Å². The summed E-state index contributed by atoms with van der Waals surface area (Å²) in [6.07, 6.45) is 0. The lowest BCUT2D eigenvalue weighted by atomic mass is 10.3. The molecule has 0 radical (unpaired) electrons. The molecule has 0 aromatic heterocycles. The summed E-state index contributed by atoms with van der Waals surface area (Å²) in [4.78, 5) is 0. The SMILES string of the molecule is [NH3+]c1ccccc1.[O-][Cl+3]([O-])([O-])[O-]. The highest BCUT2D eigenvalue weighted by molar-refractivity contribution is 5.25. The molecule has 0 atom stereocenters. The van der Waals surface area contributed by atoms with Crippen LogP contribution in [0.2, 0.25) is 0 Å². The summed E-state index contributed by atoms with van der Waals surface area (Å²) in [7, 11) is -4.94. The van der Waals surface area contributed by atoms with Gasteiger partial charge < -0.3 is 5.73 Å². The predicted molar refractivity (Wildman–Crippen MR) is 29.0 cm³/mol. The van der Waals surface area contributed by atoms with Crippen LogP contribution in [0.3, 0.4) is 0 Å². The van der Waals surface area contributed by atoms with E-state index in [-0.39, 0.29) is 0 Å². The van der Waals surface area contributed by atoms with Crippen molar-refractivity contribution in [3.63, 3.8) is 0 Å². The monoisotopic (exact) mass is 193 g/mol. The number of halogens is 1. The Morgan fingerprint density at radius 1 is 0.917 bits per heavy atom. The average Bonchev–Trinajstić information content (AvgIpc) is 1.85. The van der Waals surface area contributed by atoms with Gasteiger partial charge in [-0.1, -0.05) is 18.2 Å². The van der Waals surface area contributed by atoms with Gasteiger partial charge in [0.05, 0.1) is 0 Å². The number of rotatable bonds is 0. The van der Waals surface area contributed by atoms with E-state index >= 15 is 0 Å². The van der Waals surface area contributed by atoms with Gasteiger partial charge in [-0.05, 0) is 12.1 Å². The standard InChI is InChI=1S/C6H7N.ClHO4/c7-6-4-2-1-3-5-6;2-1(3,4)5/h1-5H,7H2;(H,2,3,4,5). The molecule has 1 rings (SSSR count). The third-order valence-corrected chi connectivity index (χ3v) is 0.843. The maximum absolute atomic E-state index is 8.49. The second kappa shape index (κ2) is 5.04. The molecule has 0 amide bonds. The Morgan fingerprint density at radius 2 is 1.25 bits per heavy atom. The lowest BCUT2D eigenvalue weighted by Crippen LogP contribution is -2.68. The zero-order valence-electron chi connectivity index (χ0n) is 6.10. The Hall–Kier alpha value is -0.690. The van der Waals surface area contributed by atoms with E-state index in [1.165, 1.54) is 0 Å². The number of hydrogen-bond donors (Lipinski definition) is 1. The lowest BCUT2D eigenvalue weighted by Gasteiger charge is -2.17. The molecular formula is C6H8ClNO4. The van der Waals surface area contributed by atoms with E-state index < -0.39 is 10.2 Å². The number of benzene rings is 1. The van der Waals surface area contributed by atoms with Gasteiger partial charge >= 0.3 is 0 Å². The molecule has 0 saturated heterocycles. The molecule has 68 valence electrons. The first kappa shape index (κ1) is 11.3. The minimum absolute atomic E-state index is 1.07. The van der Waals surface area contributed by atoms with Crippen molar-refractivity contribution in [2.45, 2.75) is 0 Å². The first-order chi connectivity index (χ1) is 5.39. The normalized spacial score (nSPS) is 10.1. The van der Waals surface area contributed by atoms with Crippen LogP contribution in [0.15, 0.2) is 30.3 Å². The Bertz CT molecular complexity index is 205. The third-order valence-electron chi connectivity index (χ3n) is 0.843. The van der Waals surface area contributed by atoms with Crippen molar-refractivity contribution < 1.29 is 34.6 Å². The lowest BCUT2D eigenvalue weighted by molar-refractivity contribution is -2.00. The van der Waals surface area contributed by atoms with Crippen molar-refractivity contribution in [2.75, 3.05) is 0 Å². The molecule has 0 saturated carbocycles. The maximum Gasteiger partial charge on any atom is 0.127 e. The molecule has 5 nitrogen and oxygen atoms in total. The van der Waals surface area contributed by atoms with Gasteiger partial charge in [0.15, 0.2) is 0 Å². The Morgan fingerprint density at radius 3 is 1.42 bits per heavy atom. The molecule has 0 heterocycles. The highest BCUT2D eigenvalue weighted by Crippen LogP contribution is 1.93.